The van der Waals surface area contributed by atoms with Crippen LogP contribution < -0.4 is 11.1 Å². The number of anilines is 2. The van der Waals surface area contributed by atoms with Crippen molar-refractivity contribution in [2.45, 2.75) is 6.43 Å². The van der Waals surface area contributed by atoms with Gasteiger partial charge in [0, 0.05) is 17.9 Å². The fraction of sp³-hybridized carbons (Fsp3) is 0.417. The lowest BCUT2D eigenvalue weighted by molar-refractivity contribution is -0.117. The predicted octanol–water partition coefficient (Wildman–Crippen LogP) is 0.767. The predicted molar refractivity (Wildman–Crippen MR) is 69.0 cm³/mol. The van der Waals surface area contributed by atoms with Crippen LogP contribution in [0.5, 0.6) is 0 Å². The molecular formula is C12H17F2N3O2. The first-order chi connectivity index (χ1) is 9.01. The lowest BCUT2D eigenvalue weighted by atomic mass is 10.3. The molecule has 0 atom stereocenters. The monoisotopic (exact) mass is 273 g/mol. The van der Waals surface area contributed by atoms with Gasteiger partial charge in [-0.3, -0.25) is 9.69 Å². The maximum Gasteiger partial charge on any atom is 0.251 e. The Morgan fingerprint density at radius 2 is 2.21 bits per heavy atom. The Kier molecular flexibility index (Phi) is 6.17. The summed E-state index contributed by atoms with van der Waals surface area (Å²) in [5, 5.41) is 11.3. The SMILES string of the molecule is Nc1cccc(NC(=O)CN(CCO)CC(F)F)c1. The number of benzene rings is 1. The first kappa shape index (κ1) is 15.3. The summed E-state index contributed by atoms with van der Waals surface area (Å²) in [5.74, 6) is -0.431. The summed E-state index contributed by atoms with van der Waals surface area (Å²) in [5.41, 5.74) is 6.56. The van der Waals surface area contributed by atoms with Crippen molar-refractivity contribution in [1.29, 1.82) is 0 Å². The summed E-state index contributed by atoms with van der Waals surface area (Å²) in [4.78, 5) is 12.9. The van der Waals surface area contributed by atoms with Crippen molar-refractivity contribution in [3.63, 3.8) is 0 Å². The van der Waals surface area contributed by atoms with E-state index in [1.54, 1.807) is 24.3 Å². The van der Waals surface area contributed by atoms with Gasteiger partial charge in [-0.2, -0.15) is 0 Å². The van der Waals surface area contributed by atoms with Crippen LogP contribution in [0.2, 0.25) is 0 Å². The summed E-state index contributed by atoms with van der Waals surface area (Å²) in [7, 11) is 0. The fourth-order valence-corrected chi connectivity index (χ4v) is 1.59. The minimum Gasteiger partial charge on any atom is -0.399 e. The molecule has 0 radical (unpaired) electrons. The Morgan fingerprint density at radius 3 is 2.79 bits per heavy atom. The number of nitrogens with one attached hydrogen (secondary N) is 1. The summed E-state index contributed by atoms with van der Waals surface area (Å²) < 4.78 is 24.5. The highest BCUT2D eigenvalue weighted by Gasteiger charge is 2.15. The van der Waals surface area contributed by atoms with E-state index in [4.69, 9.17) is 10.8 Å². The van der Waals surface area contributed by atoms with Gasteiger partial charge in [-0.25, -0.2) is 8.78 Å². The van der Waals surface area contributed by atoms with Crippen LogP contribution in [0, 0.1) is 0 Å². The van der Waals surface area contributed by atoms with E-state index >= 15 is 0 Å². The molecule has 0 saturated heterocycles. The van der Waals surface area contributed by atoms with Gasteiger partial charge in [0.05, 0.1) is 19.7 Å². The molecule has 0 heterocycles. The van der Waals surface area contributed by atoms with E-state index in [1.807, 2.05) is 0 Å². The molecule has 0 aromatic heterocycles. The van der Waals surface area contributed by atoms with E-state index in [2.05, 4.69) is 5.32 Å². The molecule has 1 amide bonds. The zero-order valence-electron chi connectivity index (χ0n) is 10.4. The third kappa shape index (κ3) is 6.12. The van der Waals surface area contributed by atoms with Crippen LogP contribution in [-0.2, 0) is 4.79 Å². The number of nitrogens with zero attached hydrogens (tertiary/aromatic N) is 1. The topological polar surface area (TPSA) is 78.6 Å². The third-order valence-corrected chi connectivity index (χ3v) is 2.35. The average molecular weight is 273 g/mol. The van der Waals surface area contributed by atoms with Crippen LogP contribution in [0.25, 0.3) is 0 Å². The molecule has 1 rings (SSSR count). The molecule has 0 bridgehead atoms. The average Bonchev–Trinajstić information content (AvgIpc) is 2.27. The number of hydrogen-bond acceptors (Lipinski definition) is 4. The molecular weight excluding hydrogens is 256 g/mol. The van der Waals surface area contributed by atoms with Crippen molar-refractivity contribution in [2.75, 3.05) is 37.3 Å². The van der Waals surface area contributed by atoms with Crippen LogP contribution >= 0.6 is 0 Å². The second-order valence-electron chi connectivity index (χ2n) is 4.02. The maximum absolute atomic E-state index is 12.3. The highest BCUT2D eigenvalue weighted by molar-refractivity contribution is 5.92. The Labute approximate surface area is 110 Å². The number of nitrogen functional groups attached to an aromatic ring is 1. The van der Waals surface area contributed by atoms with Crippen LogP contribution in [0.1, 0.15) is 0 Å². The molecule has 19 heavy (non-hydrogen) atoms. The lowest BCUT2D eigenvalue weighted by Gasteiger charge is -2.20. The first-order valence-electron chi connectivity index (χ1n) is 5.78. The summed E-state index contributed by atoms with van der Waals surface area (Å²) in [6.45, 7) is -1.02. The molecule has 1 aromatic carbocycles. The minimum atomic E-state index is -2.55. The lowest BCUT2D eigenvalue weighted by Crippen LogP contribution is -2.38. The molecule has 5 nitrogen and oxygen atoms in total. The van der Waals surface area contributed by atoms with Gasteiger partial charge < -0.3 is 16.2 Å². The highest BCUT2D eigenvalue weighted by Crippen LogP contribution is 2.11. The molecule has 4 N–H and O–H groups in total. The molecule has 1 aromatic rings. The normalized spacial score (nSPS) is 11.0. The number of amides is 1. The van der Waals surface area contributed by atoms with Crippen molar-refractivity contribution >= 4 is 17.3 Å². The Balaban J connectivity index is 2.52. The van der Waals surface area contributed by atoms with Crippen molar-refractivity contribution < 1.29 is 18.7 Å². The number of aliphatic hydroxyl groups is 1. The zero-order valence-corrected chi connectivity index (χ0v) is 10.4. The van der Waals surface area contributed by atoms with Crippen LogP contribution in [0.3, 0.4) is 0 Å². The van der Waals surface area contributed by atoms with E-state index in [9.17, 15) is 13.6 Å². The third-order valence-electron chi connectivity index (χ3n) is 2.35. The van der Waals surface area contributed by atoms with Gasteiger partial charge in [-0.05, 0) is 18.2 Å². The van der Waals surface area contributed by atoms with Crippen molar-refractivity contribution in [2.24, 2.45) is 0 Å². The smallest absolute Gasteiger partial charge is 0.251 e. The fourth-order valence-electron chi connectivity index (χ4n) is 1.59. The molecule has 0 aliphatic carbocycles. The highest BCUT2D eigenvalue weighted by atomic mass is 19.3. The van der Waals surface area contributed by atoms with Gasteiger partial charge in [-0.1, -0.05) is 6.07 Å². The molecule has 0 saturated carbocycles. The van der Waals surface area contributed by atoms with E-state index in [1.165, 1.54) is 4.90 Å². The minimum absolute atomic E-state index is 0.0225. The van der Waals surface area contributed by atoms with E-state index in [0.717, 1.165) is 0 Å². The number of carbonyl (C=O) groups excluding carboxylic acids is 1. The van der Waals surface area contributed by atoms with Gasteiger partial charge in [0.1, 0.15) is 0 Å². The molecule has 7 heteroatoms. The zero-order chi connectivity index (χ0) is 14.3. The number of rotatable bonds is 7. The van der Waals surface area contributed by atoms with Crippen LogP contribution in [0.15, 0.2) is 24.3 Å². The van der Waals surface area contributed by atoms with Crippen molar-refractivity contribution in [3.8, 4) is 0 Å². The summed E-state index contributed by atoms with van der Waals surface area (Å²) in [6.07, 6.45) is -2.55. The number of halogens is 2. The first-order valence-corrected chi connectivity index (χ1v) is 5.78. The molecule has 0 spiro atoms. The quantitative estimate of drug-likeness (QED) is 0.641. The van der Waals surface area contributed by atoms with Gasteiger partial charge >= 0.3 is 0 Å². The summed E-state index contributed by atoms with van der Waals surface area (Å²) in [6, 6.07) is 6.57. The molecule has 0 aliphatic heterocycles. The largest absolute Gasteiger partial charge is 0.399 e. The van der Waals surface area contributed by atoms with E-state index in [0.29, 0.717) is 11.4 Å². The molecule has 0 unspecified atom stereocenters. The second kappa shape index (κ2) is 7.65. The van der Waals surface area contributed by atoms with E-state index < -0.39 is 18.9 Å². The number of hydrogen-bond donors (Lipinski definition) is 3. The number of nitrogens with two attached hydrogens (primary N) is 1. The molecule has 0 aliphatic rings. The van der Waals surface area contributed by atoms with Gasteiger partial charge in [0.15, 0.2) is 0 Å². The number of alkyl halides is 2. The van der Waals surface area contributed by atoms with Crippen molar-refractivity contribution in [3.05, 3.63) is 24.3 Å². The van der Waals surface area contributed by atoms with Gasteiger partial charge in [0.25, 0.3) is 6.43 Å². The van der Waals surface area contributed by atoms with E-state index in [-0.39, 0.29) is 19.7 Å². The maximum atomic E-state index is 12.3. The number of carbonyl (C=O) groups is 1. The van der Waals surface area contributed by atoms with Crippen molar-refractivity contribution in [1.82, 2.24) is 4.90 Å². The standard InChI is InChI=1S/C12H17F2N3O2/c13-11(14)7-17(4-5-18)8-12(19)16-10-3-1-2-9(15)6-10/h1-3,6,11,18H,4-5,7-8,15H2,(H,16,19). The number of aliphatic hydroxyl groups excluding tert-OH is 1. The molecule has 106 valence electrons. The Hall–Kier alpha value is -1.73. The van der Waals surface area contributed by atoms with Gasteiger partial charge in [-0.15, -0.1) is 0 Å². The Bertz CT molecular complexity index is 416. The van der Waals surface area contributed by atoms with Gasteiger partial charge in [0.2, 0.25) is 5.91 Å². The summed E-state index contributed by atoms with van der Waals surface area (Å²) >= 11 is 0. The molecule has 0 fully saturated rings. The second-order valence-corrected chi connectivity index (χ2v) is 4.02. The Morgan fingerprint density at radius 1 is 1.47 bits per heavy atom. The van der Waals surface area contributed by atoms with Crippen LogP contribution in [0.4, 0.5) is 20.2 Å². The van der Waals surface area contributed by atoms with Crippen LogP contribution in [-0.4, -0.2) is 48.6 Å².